The molecular weight excluding hydrogens is 220 g/mol. The molecule has 1 aromatic carbocycles. The lowest BCUT2D eigenvalue weighted by Crippen LogP contribution is -2.43. The van der Waals surface area contributed by atoms with Crippen molar-refractivity contribution in [2.75, 3.05) is 37.9 Å². The molecule has 1 heterocycles. The van der Waals surface area contributed by atoms with Crippen molar-refractivity contribution in [1.82, 2.24) is 4.90 Å². The van der Waals surface area contributed by atoms with Gasteiger partial charge in [0, 0.05) is 18.8 Å². The quantitative estimate of drug-likeness (QED) is 0.740. The Labute approximate surface area is 102 Å². The van der Waals surface area contributed by atoms with Gasteiger partial charge < -0.3 is 9.64 Å². The van der Waals surface area contributed by atoms with Crippen LogP contribution in [0.15, 0.2) is 30.3 Å². The van der Waals surface area contributed by atoms with Gasteiger partial charge in [-0.2, -0.15) is 0 Å². The van der Waals surface area contributed by atoms with E-state index >= 15 is 0 Å². The highest BCUT2D eigenvalue weighted by Gasteiger charge is 2.13. The SMILES string of the molecule is S=CN(CN1CCOCC1)c1ccccc1. The molecule has 0 aromatic heterocycles. The van der Waals surface area contributed by atoms with E-state index < -0.39 is 0 Å². The molecule has 86 valence electrons. The maximum atomic E-state index is 5.32. The largest absolute Gasteiger partial charge is 0.379 e. The van der Waals surface area contributed by atoms with Crippen molar-refractivity contribution in [3.8, 4) is 0 Å². The third-order valence-corrected chi connectivity index (χ3v) is 2.93. The second kappa shape index (κ2) is 5.94. The molecule has 0 radical (unpaired) electrons. The summed E-state index contributed by atoms with van der Waals surface area (Å²) in [4.78, 5) is 4.43. The number of benzene rings is 1. The fraction of sp³-hybridized carbons (Fsp3) is 0.417. The van der Waals surface area contributed by atoms with Gasteiger partial charge in [0.05, 0.1) is 25.4 Å². The molecule has 1 aliphatic heterocycles. The van der Waals surface area contributed by atoms with Crippen LogP contribution in [0.1, 0.15) is 0 Å². The van der Waals surface area contributed by atoms with Gasteiger partial charge in [-0.15, -0.1) is 0 Å². The van der Waals surface area contributed by atoms with Crippen LogP contribution >= 0.6 is 12.2 Å². The first kappa shape index (κ1) is 11.5. The van der Waals surface area contributed by atoms with Crippen molar-refractivity contribution < 1.29 is 4.74 Å². The van der Waals surface area contributed by atoms with E-state index in [9.17, 15) is 0 Å². The molecule has 0 unspecified atom stereocenters. The maximum Gasteiger partial charge on any atom is 0.0760 e. The standard InChI is InChI=1S/C12H16N2OS/c16-11-14(12-4-2-1-3-5-12)10-13-6-8-15-9-7-13/h1-5,11H,6-10H2. The Morgan fingerprint density at radius 2 is 1.94 bits per heavy atom. The Morgan fingerprint density at radius 1 is 1.25 bits per heavy atom. The smallest absolute Gasteiger partial charge is 0.0760 e. The number of hydrogen-bond acceptors (Lipinski definition) is 3. The second-order valence-electron chi connectivity index (χ2n) is 3.78. The van der Waals surface area contributed by atoms with Gasteiger partial charge in [0.25, 0.3) is 0 Å². The number of anilines is 1. The van der Waals surface area contributed by atoms with Gasteiger partial charge >= 0.3 is 0 Å². The summed E-state index contributed by atoms with van der Waals surface area (Å²) < 4.78 is 5.32. The van der Waals surface area contributed by atoms with Crippen LogP contribution in [0, 0.1) is 0 Å². The number of ether oxygens (including phenoxy) is 1. The van der Waals surface area contributed by atoms with E-state index in [1.165, 1.54) is 0 Å². The Morgan fingerprint density at radius 3 is 2.56 bits per heavy atom. The molecule has 0 amide bonds. The van der Waals surface area contributed by atoms with Crippen LogP contribution in [0.5, 0.6) is 0 Å². The minimum atomic E-state index is 0.820. The maximum absolute atomic E-state index is 5.32. The molecule has 3 nitrogen and oxygen atoms in total. The predicted molar refractivity (Wildman–Crippen MR) is 69.8 cm³/mol. The van der Waals surface area contributed by atoms with Gasteiger partial charge in [0.2, 0.25) is 0 Å². The highest BCUT2D eigenvalue weighted by Crippen LogP contribution is 2.12. The Balaban J connectivity index is 1.97. The summed E-state index contributed by atoms with van der Waals surface area (Å²) in [6, 6.07) is 10.2. The zero-order chi connectivity index (χ0) is 11.2. The molecule has 1 saturated heterocycles. The monoisotopic (exact) mass is 236 g/mol. The number of thiocarbonyl (C=S) groups is 1. The molecule has 0 atom stereocenters. The number of hydrogen-bond donors (Lipinski definition) is 0. The summed E-state index contributed by atoms with van der Waals surface area (Å²) >= 11 is 5.07. The average molecular weight is 236 g/mol. The number of morpholine rings is 1. The first-order valence-corrected chi connectivity index (χ1v) is 5.94. The van der Waals surface area contributed by atoms with Crippen LogP contribution < -0.4 is 4.90 Å². The summed E-state index contributed by atoms with van der Waals surface area (Å²) in [5.41, 5.74) is 2.86. The van der Waals surface area contributed by atoms with Gasteiger partial charge in [-0.05, 0) is 12.1 Å². The van der Waals surface area contributed by atoms with Gasteiger partial charge in [0.1, 0.15) is 0 Å². The molecule has 4 heteroatoms. The van der Waals surface area contributed by atoms with Crippen molar-refractivity contribution in [1.29, 1.82) is 0 Å². The number of rotatable bonds is 4. The van der Waals surface area contributed by atoms with Crippen LogP contribution in [0.25, 0.3) is 0 Å². The Hall–Kier alpha value is -0.970. The van der Waals surface area contributed by atoms with E-state index in [1.54, 1.807) is 5.49 Å². The lowest BCUT2D eigenvalue weighted by molar-refractivity contribution is 0.0396. The van der Waals surface area contributed by atoms with Crippen molar-refractivity contribution in [3.05, 3.63) is 30.3 Å². The lowest BCUT2D eigenvalue weighted by Gasteiger charge is -2.31. The van der Waals surface area contributed by atoms with Gasteiger partial charge in [-0.3, -0.25) is 4.90 Å². The molecule has 1 aromatic rings. The Bertz CT molecular complexity index is 325. The summed E-state index contributed by atoms with van der Waals surface area (Å²) in [6.45, 7) is 4.44. The summed E-state index contributed by atoms with van der Waals surface area (Å²) in [5, 5.41) is 0. The minimum Gasteiger partial charge on any atom is -0.379 e. The second-order valence-corrected chi connectivity index (χ2v) is 3.99. The average Bonchev–Trinajstić information content (AvgIpc) is 2.38. The van der Waals surface area contributed by atoms with Crippen molar-refractivity contribution >= 4 is 23.4 Å². The van der Waals surface area contributed by atoms with E-state index in [1.807, 2.05) is 18.2 Å². The van der Waals surface area contributed by atoms with Crippen LogP contribution in [0.3, 0.4) is 0 Å². The first-order valence-electron chi connectivity index (χ1n) is 5.47. The van der Waals surface area contributed by atoms with Crippen molar-refractivity contribution in [2.24, 2.45) is 0 Å². The van der Waals surface area contributed by atoms with E-state index in [-0.39, 0.29) is 0 Å². The molecule has 0 bridgehead atoms. The first-order chi connectivity index (χ1) is 7.90. The van der Waals surface area contributed by atoms with Crippen LogP contribution in [0.2, 0.25) is 0 Å². The minimum absolute atomic E-state index is 0.820. The highest BCUT2D eigenvalue weighted by molar-refractivity contribution is 7.79. The summed E-state index contributed by atoms with van der Waals surface area (Å²) in [5.74, 6) is 0. The molecule has 1 fully saturated rings. The van der Waals surface area contributed by atoms with E-state index in [4.69, 9.17) is 17.0 Å². The lowest BCUT2D eigenvalue weighted by atomic mass is 10.3. The molecule has 16 heavy (non-hydrogen) atoms. The van der Waals surface area contributed by atoms with Gasteiger partial charge in [-0.25, -0.2) is 0 Å². The third kappa shape index (κ3) is 3.01. The zero-order valence-corrected chi connectivity index (χ0v) is 10.0. The van der Waals surface area contributed by atoms with Gasteiger partial charge in [0.15, 0.2) is 0 Å². The third-order valence-electron chi connectivity index (χ3n) is 2.67. The van der Waals surface area contributed by atoms with E-state index in [0.717, 1.165) is 38.7 Å². The highest BCUT2D eigenvalue weighted by atomic mass is 32.1. The molecular formula is C12H16N2OS. The van der Waals surface area contributed by atoms with Crippen molar-refractivity contribution in [3.63, 3.8) is 0 Å². The fourth-order valence-electron chi connectivity index (χ4n) is 1.75. The van der Waals surface area contributed by atoms with E-state index in [0.29, 0.717) is 0 Å². The summed E-state index contributed by atoms with van der Waals surface area (Å²) in [6.07, 6.45) is 0. The fourth-order valence-corrected chi connectivity index (χ4v) is 1.94. The van der Waals surface area contributed by atoms with Crippen LogP contribution in [0.4, 0.5) is 5.69 Å². The van der Waals surface area contributed by atoms with Gasteiger partial charge in [-0.1, -0.05) is 30.4 Å². The van der Waals surface area contributed by atoms with Crippen LogP contribution in [-0.4, -0.2) is 43.4 Å². The van der Waals surface area contributed by atoms with E-state index in [2.05, 4.69) is 21.9 Å². The predicted octanol–water partition coefficient (Wildman–Crippen LogP) is 1.74. The van der Waals surface area contributed by atoms with Crippen LogP contribution in [-0.2, 0) is 4.74 Å². The normalized spacial score (nSPS) is 17.0. The molecule has 0 saturated carbocycles. The molecule has 0 aliphatic carbocycles. The summed E-state index contributed by atoms with van der Waals surface area (Å²) in [7, 11) is 0. The molecule has 1 aliphatic rings. The van der Waals surface area contributed by atoms with Crippen molar-refractivity contribution in [2.45, 2.75) is 0 Å². The zero-order valence-electron chi connectivity index (χ0n) is 9.21. The molecule has 0 N–H and O–H groups in total. The topological polar surface area (TPSA) is 15.7 Å². The molecule has 0 spiro atoms. The number of para-hydroxylation sites is 1. The Kier molecular flexibility index (Phi) is 4.27. The number of nitrogens with zero attached hydrogens (tertiary/aromatic N) is 2. The molecule has 2 rings (SSSR count).